The van der Waals surface area contributed by atoms with E-state index in [4.69, 9.17) is 21.8 Å². The maximum atomic E-state index is 11.2. The van der Waals surface area contributed by atoms with Gasteiger partial charge in [0.15, 0.2) is 8.32 Å². The van der Waals surface area contributed by atoms with Gasteiger partial charge in [-0.15, -0.1) is 0 Å². The molecule has 0 bridgehead atoms. The van der Waals surface area contributed by atoms with E-state index < -0.39 is 14.2 Å². The first-order valence-electron chi connectivity index (χ1n) is 6.27. The van der Waals surface area contributed by atoms with Crippen LogP contribution in [0.25, 0.3) is 0 Å². The zero-order chi connectivity index (χ0) is 14.8. The van der Waals surface area contributed by atoms with E-state index in [2.05, 4.69) is 33.9 Å². The minimum atomic E-state index is -1.83. The monoisotopic (exact) mass is 299 g/mol. The molecule has 0 aliphatic heterocycles. The lowest BCUT2D eigenvalue weighted by atomic mass is 10.1. The molecule has 1 rings (SSSR count). The van der Waals surface area contributed by atoms with Gasteiger partial charge in [0.25, 0.3) is 0 Å². The van der Waals surface area contributed by atoms with Gasteiger partial charge in [0.2, 0.25) is 5.91 Å². The van der Waals surface area contributed by atoms with E-state index in [0.29, 0.717) is 17.2 Å². The molecular formula is C14H22ClNO2Si. The molecule has 1 aromatic carbocycles. The van der Waals surface area contributed by atoms with Gasteiger partial charge >= 0.3 is 0 Å². The predicted molar refractivity (Wildman–Crippen MR) is 82.0 cm³/mol. The van der Waals surface area contributed by atoms with Crippen molar-refractivity contribution < 1.29 is 9.22 Å². The van der Waals surface area contributed by atoms with Gasteiger partial charge < -0.3 is 10.2 Å². The summed E-state index contributed by atoms with van der Waals surface area (Å²) >= 11 is 6.13. The van der Waals surface area contributed by atoms with Crippen LogP contribution in [0.5, 0.6) is 0 Å². The fourth-order valence-electron chi connectivity index (χ4n) is 1.31. The van der Waals surface area contributed by atoms with Crippen LogP contribution in [-0.4, -0.2) is 14.2 Å². The molecule has 0 saturated carbocycles. The molecule has 1 aromatic rings. The molecule has 5 heteroatoms. The molecule has 0 aliphatic carbocycles. The summed E-state index contributed by atoms with van der Waals surface area (Å²) in [4.78, 5) is 11.2. The molecule has 0 heterocycles. The number of benzene rings is 1. The van der Waals surface area contributed by atoms with Crippen molar-refractivity contribution in [3.8, 4) is 0 Å². The number of carbonyl (C=O) groups is 1. The van der Waals surface area contributed by atoms with Gasteiger partial charge in [-0.2, -0.15) is 0 Å². The molecule has 19 heavy (non-hydrogen) atoms. The van der Waals surface area contributed by atoms with E-state index in [1.807, 2.05) is 0 Å². The summed E-state index contributed by atoms with van der Waals surface area (Å²) in [6, 6.07) is 5.02. The van der Waals surface area contributed by atoms with E-state index in [1.54, 1.807) is 18.2 Å². The van der Waals surface area contributed by atoms with Crippen molar-refractivity contribution in [1.29, 1.82) is 0 Å². The van der Waals surface area contributed by atoms with E-state index in [-0.39, 0.29) is 5.04 Å². The molecule has 106 valence electrons. The summed E-state index contributed by atoms with van der Waals surface area (Å²) in [7, 11) is -1.83. The maximum Gasteiger partial charge on any atom is 0.248 e. The number of hydrogen-bond acceptors (Lipinski definition) is 2. The maximum absolute atomic E-state index is 11.2. The van der Waals surface area contributed by atoms with Gasteiger partial charge in [-0.3, -0.25) is 4.79 Å². The SMILES string of the molecule is CC(C)(C)[Si](C)(C)OCc1cc(C(N)=O)ccc1Cl. The summed E-state index contributed by atoms with van der Waals surface area (Å²) in [5, 5.41) is 0.740. The predicted octanol–water partition coefficient (Wildman–Crippen LogP) is 3.96. The van der Waals surface area contributed by atoms with Gasteiger partial charge in [0.1, 0.15) is 0 Å². The number of nitrogens with two attached hydrogens (primary N) is 1. The van der Waals surface area contributed by atoms with Crippen LogP contribution in [0.1, 0.15) is 36.7 Å². The topological polar surface area (TPSA) is 52.3 Å². The van der Waals surface area contributed by atoms with Crippen molar-refractivity contribution >= 4 is 25.8 Å². The summed E-state index contributed by atoms with van der Waals surface area (Å²) in [6.45, 7) is 11.3. The van der Waals surface area contributed by atoms with E-state index >= 15 is 0 Å². The van der Waals surface area contributed by atoms with E-state index in [9.17, 15) is 4.79 Å². The third-order valence-corrected chi connectivity index (χ3v) is 8.57. The second-order valence-electron chi connectivity index (χ2n) is 6.22. The number of rotatable bonds is 4. The number of amides is 1. The van der Waals surface area contributed by atoms with Gasteiger partial charge in [0.05, 0.1) is 6.61 Å². The lowest BCUT2D eigenvalue weighted by Crippen LogP contribution is -2.40. The third-order valence-electron chi connectivity index (χ3n) is 3.72. The fourth-order valence-corrected chi connectivity index (χ4v) is 2.43. The zero-order valence-corrected chi connectivity index (χ0v) is 14.0. The van der Waals surface area contributed by atoms with Crippen LogP contribution >= 0.6 is 11.6 Å². The minimum Gasteiger partial charge on any atom is -0.413 e. The van der Waals surface area contributed by atoms with Crippen molar-refractivity contribution in [2.24, 2.45) is 5.73 Å². The first-order valence-corrected chi connectivity index (χ1v) is 9.55. The molecule has 0 fully saturated rings. The Labute approximate surface area is 121 Å². The lowest BCUT2D eigenvalue weighted by molar-refractivity contribution is 0.1000. The van der Waals surface area contributed by atoms with Crippen LogP contribution in [0.2, 0.25) is 23.2 Å². The smallest absolute Gasteiger partial charge is 0.248 e. The van der Waals surface area contributed by atoms with Crippen molar-refractivity contribution in [2.45, 2.75) is 45.5 Å². The Bertz CT molecular complexity index is 481. The second-order valence-corrected chi connectivity index (χ2v) is 11.4. The zero-order valence-electron chi connectivity index (χ0n) is 12.2. The molecule has 1 amide bonds. The van der Waals surface area contributed by atoms with Crippen LogP contribution in [0.4, 0.5) is 0 Å². The molecule has 0 radical (unpaired) electrons. The second kappa shape index (κ2) is 5.65. The standard InChI is InChI=1S/C14H22ClNO2Si/c1-14(2,3)19(4,5)18-9-11-8-10(13(16)17)6-7-12(11)15/h6-8H,9H2,1-5H3,(H2,16,17). The summed E-state index contributed by atoms with van der Waals surface area (Å²) in [5.41, 5.74) is 6.53. The Kier molecular flexibility index (Phi) is 4.82. The first-order chi connectivity index (χ1) is 8.54. The minimum absolute atomic E-state index is 0.140. The van der Waals surface area contributed by atoms with Crippen molar-refractivity contribution in [1.82, 2.24) is 0 Å². The molecular weight excluding hydrogens is 278 g/mol. The Hall–Kier alpha value is -0.843. The highest BCUT2D eigenvalue weighted by atomic mass is 35.5. The van der Waals surface area contributed by atoms with Crippen molar-refractivity contribution in [2.75, 3.05) is 0 Å². The van der Waals surface area contributed by atoms with Gasteiger partial charge in [-0.1, -0.05) is 32.4 Å². The Morgan fingerprint density at radius 3 is 2.42 bits per heavy atom. The Balaban J connectivity index is 2.89. The van der Waals surface area contributed by atoms with Crippen LogP contribution in [0.3, 0.4) is 0 Å². The third kappa shape index (κ3) is 4.06. The lowest BCUT2D eigenvalue weighted by Gasteiger charge is -2.36. The largest absolute Gasteiger partial charge is 0.413 e. The van der Waals surface area contributed by atoms with Crippen LogP contribution in [-0.2, 0) is 11.0 Å². The fraction of sp³-hybridized carbons (Fsp3) is 0.500. The highest BCUT2D eigenvalue weighted by Crippen LogP contribution is 2.37. The van der Waals surface area contributed by atoms with Crippen LogP contribution < -0.4 is 5.73 Å². The van der Waals surface area contributed by atoms with Gasteiger partial charge in [-0.05, 0) is 41.9 Å². The van der Waals surface area contributed by atoms with Crippen LogP contribution in [0, 0.1) is 0 Å². The first kappa shape index (κ1) is 16.2. The molecule has 2 N–H and O–H groups in total. The molecule has 0 saturated heterocycles. The van der Waals surface area contributed by atoms with E-state index in [1.165, 1.54) is 0 Å². The summed E-state index contributed by atoms with van der Waals surface area (Å²) < 4.78 is 6.10. The quantitative estimate of drug-likeness (QED) is 0.856. The number of carbonyl (C=O) groups excluding carboxylic acids is 1. The number of primary amides is 1. The normalized spacial score (nSPS) is 12.5. The van der Waals surface area contributed by atoms with Crippen molar-refractivity contribution in [3.05, 3.63) is 34.3 Å². The number of hydrogen-bond donors (Lipinski definition) is 1. The molecule has 0 unspecified atom stereocenters. The average molecular weight is 300 g/mol. The Morgan fingerprint density at radius 2 is 1.95 bits per heavy atom. The molecule has 0 spiro atoms. The highest BCUT2D eigenvalue weighted by molar-refractivity contribution is 6.74. The van der Waals surface area contributed by atoms with Crippen molar-refractivity contribution in [3.63, 3.8) is 0 Å². The van der Waals surface area contributed by atoms with Crippen LogP contribution in [0.15, 0.2) is 18.2 Å². The van der Waals surface area contributed by atoms with E-state index in [0.717, 1.165) is 5.56 Å². The average Bonchev–Trinajstić information content (AvgIpc) is 2.26. The summed E-state index contributed by atoms with van der Waals surface area (Å²) in [6.07, 6.45) is 0. The highest BCUT2D eigenvalue weighted by Gasteiger charge is 2.37. The molecule has 0 aromatic heterocycles. The molecule has 0 atom stereocenters. The Morgan fingerprint density at radius 1 is 1.37 bits per heavy atom. The number of halogens is 1. The van der Waals surface area contributed by atoms with Gasteiger partial charge in [-0.25, -0.2) is 0 Å². The van der Waals surface area contributed by atoms with Gasteiger partial charge in [0, 0.05) is 10.6 Å². The summed E-state index contributed by atoms with van der Waals surface area (Å²) in [5.74, 6) is -0.453. The molecule has 0 aliphatic rings. The molecule has 3 nitrogen and oxygen atoms in total.